The van der Waals surface area contributed by atoms with Gasteiger partial charge in [-0.1, -0.05) is 30.3 Å². The van der Waals surface area contributed by atoms with E-state index in [0.717, 1.165) is 11.3 Å². The van der Waals surface area contributed by atoms with Crippen molar-refractivity contribution in [1.82, 2.24) is 4.72 Å². The van der Waals surface area contributed by atoms with Crippen LogP contribution in [0.25, 0.3) is 0 Å². The Morgan fingerprint density at radius 2 is 2.08 bits per heavy atom. The minimum atomic E-state index is 0.0520. The Morgan fingerprint density at radius 1 is 1.33 bits per heavy atom. The summed E-state index contributed by atoms with van der Waals surface area (Å²) in [5.74, 6) is 1.03. The van der Waals surface area contributed by atoms with E-state index in [-0.39, 0.29) is 11.8 Å². The van der Waals surface area contributed by atoms with Gasteiger partial charge in [-0.05, 0) is 17.5 Å². The van der Waals surface area contributed by atoms with Crippen molar-refractivity contribution in [3.05, 3.63) is 35.9 Å². The molecule has 1 saturated heterocycles. The third-order valence-corrected chi connectivity index (χ3v) is 2.79. The summed E-state index contributed by atoms with van der Waals surface area (Å²) < 4.78 is 2.75. The maximum absolute atomic E-state index is 11.2. The second-order valence-corrected chi connectivity index (χ2v) is 3.57. The van der Waals surface area contributed by atoms with Crippen molar-refractivity contribution in [3.8, 4) is 0 Å². The second kappa shape index (κ2) is 3.19. The number of carbonyl (C=O) groups is 1. The van der Waals surface area contributed by atoms with Gasteiger partial charge in [0.1, 0.15) is 0 Å². The largest absolute Gasteiger partial charge is 0.300 e. The van der Waals surface area contributed by atoms with Gasteiger partial charge in [0.2, 0.25) is 5.91 Å². The zero-order chi connectivity index (χ0) is 8.39. The maximum Gasteiger partial charge on any atom is 0.238 e. The molecule has 62 valence electrons. The molecule has 1 heterocycles. The van der Waals surface area contributed by atoms with Crippen LogP contribution in [0.3, 0.4) is 0 Å². The van der Waals surface area contributed by atoms with Crippen molar-refractivity contribution in [1.29, 1.82) is 0 Å². The normalized spacial score (nSPS) is 22.3. The van der Waals surface area contributed by atoms with Gasteiger partial charge in [-0.25, -0.2) is 0 Å². The Hall–Kier alpha value is -0.960. The van der Waals surface area contributed by atoms with Crippen molar-refractivity contribution in [2.45, 2.75) is 5.92 Å². The van der Waals surface area contributed by atoms with E-state index < -0.39 is 0 Å². The molecular weight excluding hydrogens is 170 g/mol. The highest BCUT2D eigenvalue weighted by Crippen LogP contribution is 2.25. The maximum atomic E-state index is 11.2. The van der Waals surface area contributed by atoms with Crippen LogP contribution >= 0.6 is 11.9 Å². The lowest BCUT2D eigenvalue weighted by Gasteiger charge is -2.04. The average Bonchev–Trinajstić information content (AvgIpc) is 2.53. The Morgan fingerprint density at radius 3 is 2.67 bits per heavy atom. The van der Waals surface area contributed by atoms with Crippen LogP contribution in [0.4, 0.5) is 0 Å². The molecule has 1 aromatic rings. The second-order valence-electron chi connectivity index (χ2n) is 2.74. The van der Waals surface area contributed by atoms with Crippen LogP contribution in [-0.4, -0.2) is 11.7 Å². The molecule has 0 radical (unpaired) electrons. The third kappa shape index (κ3) is 1.32. The van der Waals surface area contributed by atoms with Gasteiger partial charge < -0.3 is 0 Å². The van der Waals surface area contributed by atoms with E-state index >= 15 is 0 Å². The van der Waals surface area contributed by atoms with Gasteiger partial charge in [0.05, 0.1) is 5.92 Å². The molecule has 1 aromatic carbocycles. The molecule has 0 spiro atoms. The lowest BCUT2D eigenvalue weighted by atomic mass is 10.0. The molecule has 0 bridgehead atoms. The molecule has 1 atom stereocenters. The van der Waals surface area contributed by atoms with E-state index in [1.165, 1.54) is 11.9 Å². The molecule has 3 heteroatoms. The summed E-state index contributed by atoms with van der Waals surface area (Å²) in [6, 6.07) is 9.88. The molecule has 1 N–H and O–H groups in total. The van der Waals surface area contributed by atoms with Gasteiger partial charge in [-0.15, -0.1) is 0 Å². The first-order chi connectivity index (χ1) is 5.88. The minimum Gasteiger partial charge on any atom is -0.300 e. The van der Waals surface area contributed by atoms with Crippen LogP contribution in [0.15, 0.2) is 30.3 Å². The smallest absolute Gasteiger partial charge is 0.238 e. The fourth-order valence-corrected chi connectivity index (χ4v) is 2.15. The topological polar surface area (TPSA) is 29.1 Å². The Bertz CT molecular complexity index is 286. The molecule has 2 rings (SSSR count). The first-order valence-corrected chi connectivity index (χ1v) is 4.83. The highest BCUT2D eigenvalue weighted by atomic mass is 32.2. The average molecular weight is 179 g/mol. The van der Waals surface area contributed by atoms with E-state index in [1.54, 1.807) is 0 Å². The summed E-state index contributed by atoms with van der Waals surface area (Å²) in [6.07, 6.45) is 0. The van der Waals surface area contributed by atoms with Gasteiger partial charge in [-0.2, -0.15) is 0 Å². The first-order valence-electron chi connectivity index (χ1n) is 3.84. The molecule has 2 nitrogen and oxygen atoms in total. The predicted molar refractivity (Wildman–Crippen MR) is 49.8 cm³/mol. The number of amides is 1. The number of benzene rings is 1. The molecule has 0 aliphatic carbocycles. The summed E-state index contributed by atoms with van der Waals surface area (Å²) in [6.45, 7) is 0. The van der Waals surface area contributed by atoms with Gasteiger partial charge >= 0.3 is 0 Å². The summed E-state index contributed by atoms with van der Waals surface area (Å²) in [7, 11) is 0. The first kappa shape index (κ1) is 7.68. The fourth-order valence-electron chi connectivity index (χ4n) is 1.28. The number of hydrogen-bond acceptors (Lipinski definition) is 2. The van der Waals surface area contributed by atoms with E-state index in [0.29, 0.717) is 0 Å². The van der Waals surface area contributed by atoms with E-state index in [1.807, 2.05) is 30.3 Å². The van der Waals surface area contributed by atoms with Crippen molar-refractivity contribution in [2.24, 2.45) is 0 Å². The van der Waals surface area contributed by atoms with Crippen molar-refractivity contribution in [2.75, 3.05) is 5.75 Å². The van der Waals surface area contributed by atoms with E-state index in [2.05, 4.69) is 4.72 Å². The molecule has 1 aliphatic rings. The van der Waals surface area contributed by atoms with Crippen LogP contribution in [0.2, 0.25) is 0 Å². The van der Waals surface area contributed by atoms with Crippen LogP contribution in [-0.2, 0) is 4.79 Å². The number of carbonyl (C=O) groups excluding carboxylic acids is 1. The fraction of sp³-hybridized carbons (Fsp3) is 0.222. The predicted octanol–water partition coefficient (Wildman–Crippen LogP) is 1.55. The SMILES string of the molecule is O=C1NSCC1c1ccccc1. The van der Waals surface area contributed by atoms with Gasteiger partial charge in [0, 0.05) is 5.75 Å². The van der Waals surface area contributed by atoms with Crippen molar-refractivity contribution < 1.29 is 4.79 Å². The number of hydrogen-bond donors (Lipinski definition) is 1. The summed E-state index contributed by atoms with van der Waals surface area (Å²) >= 11 is 1.49. The van der Waals surface area contributed by atoms with Crippen molar-refractivity contribution >= 4 is 17.9 Å². The molecule has 1 unspecified atom stereocenters. The Labute approximate surface area is 75.5 Å². The molecule has 12 heavy (non-hydrogen) atoms. The van der Waals surface area contributed by atoms with E-state index in [4.69, 9.17) is 0 Å². The number of nitrogens with one attached hydrogen (secondary N) is 1. The Balaban J connectivity index is 2.25. The number of rotatable bonds is 1. The van der Waals surface area contributed by atoms with Crippen LogP contribution < -0.4 is 4.72 Å². The highest BCUT2D eigenvalue weighted by Gasteiger charge is 2.25. The molecule has 0 aromatic heterocycles. The van der Waals surface area contributed by atoms with Crippen molar-refractivity contribution in [3.63, 3.8) is 0 Å². The van der Waals surface area contributed by atoms with Crippen LogP contribution in [0, 0.1) is 0 Å². The lowest BCUT2D eigenvalue weighted by molar-refractivity contribution is -0.119. The van der Waals surface area contributed by atoms with Crippen LogP contribution in [0.5, 0.6) is 0 Å². The lowest BCUT2D eigenvalue weighted by Crippen LogP contribution is -2.15. The summed E-state index contributed by atoms with van der Waals surface area (Å²) in [5.41, 5.74) is 1.11. The Kier molecular flexibility index (Phi) is 2.04. The molecule has 1 fully saturated rings. The highest BCUT2D eigenvalue weighted by molar-refractivity contribution is 7.98. The van der Waals surface area contributed by atoms with E-state index in [9.17, 15) is 4.79 Å². The summed E-state index contributed by atoms with van der Waals surface area (Å²) in [4.78, 5) is 11.2. The molecular formula is C9H9NOS. The zero-order valence-electron chi connectivity index (χ0n) is 6.49. The third-order valence-electron chi connectivity index (χ3n) is 1.94. The quantitative estimate of drug-likeness (QED) is 0.663. The van der Waals surface area contributed by atoms with Gasteiger partial charge in [0.15, 0.2) is 0 Å². The zero-order valence-corrected chi connectivity index (χ0v) is 7.30. The monoisotopic (exact) mass is 179 g/mol. The summed E-state index contributed by atoms with van der Waals surface area (Å²) in [5, 5.41) is 0. The molecule has 0 saturated carbocycles. The minimum absolute atomic E-state index is 0.0520. The van der Waals surface area contributed by atoms with Gasteiger partial charge in [0.25, 0.3) is 0 Å². The molecule has 1 amide bonds. The van der Waals surface area contributed by atoms with Crippen LogP contribution in [0.1, 0.15) is 11.5 Å². The van der Waals surface area contributed by atoms with Gasteiger partial charge in [-0.3, -0.25) is 9.52 Å². The molecule has 1 aliphatic heterocycles. The standard InChI is InChI=1S/C9H9NOS/c11-9-8(6-12-10-9)7-4-2-1-3-5-7/h1-5,8H,6H2,(H,10,11).